The molecule has 0 bridgehead atoms. The molecule has 1 fully saturated rings. The SMILES string of the molecule is C=CCCN1CCC(NC(=O)c2c[nH]cc2C)CC1. The highest BCUT2D eigenvalue weighted by molar-refractivity contribution is 5.95. The Bertz CT molecular complexity index is 430. The molecule has 1 aliphatic rings. The van der Waals surface area contributed by atoms with Crippen molar-refractivity contribution in [3.05, 3.63) is 36.2 Å². The number of rotatable bonds is 5. The quantitative estimate of drug-likeness (QED) is 0.797. The Hall–Kier alpha value is -1.55. The van der Waals surface area contributed by atoms with Gasteiger partial charge in [0.2, 0.25) is 0 Å². The zero-order valence-corrected chi connectivity index (χ0v) is 11.6. The van der Waals surface area contributed by atoms with Crippen molar-refractivity contribution in [2.24, 2.45) is 0 Å². The zero-order valence-electron chi connectivity index (χ0n) is 11.6. The minimum atomic E-state index is 0.0447. The maximum atomic E-state index is 12.1. The summed E-state index contributed by atoms with van der Waals surface area (Å²) in [4.78, 5) is 17.5. The van der Waals surface area contributed by atoms with Crippen LogP contribution in [0.5, 0.6) is 0 Å². The number of piperidine rings is 1. The number of H-pyrrole nitrogens is 1. The van der Waals surface area contributed by atoms with E-state index in [2.05, 4.69) is 21.8 Å². The molecule has 19 heavy (non-hydrogen) atoms. The molecule has 4 nitrogen and oxygen atoms in total. The molecule has 0 atom stereocenters. The first-order chi connectivity index (χ1) is 9.20. The van der Waals surface area contributed by atoms with Crippen LogP contribution in [0, 0.1) is 6.92 Å². The largest absolute Gasteiger partial charge is 0.367 e. The molecular formula is C15H23N3O. The molecule has 1 saturated heterocycles. The molecule has 0 saturated carbocycles. The van der Waals surface area contributed by atoms with Crippen LogP contribution in [-0.2, 0) is 0 Å². The molecular weight excluding hydrogens is 238 g/mol. The molecule has 2 rings (SSSR count). The molecule has 0 spiro atoms. The monoisotopic (exact) mass is 261 g/mol. The van der Waals surface area contributed by atoms with Gasteiger partial charge in [-0.25, -0.2) is 0 Å². The van der Waals surface area contributed by atoms with Gasteiger partial charge in [-0.15, -0.1) is 6.58 Å². The van der Waals surface area contributed by atoms with Crippen LogP contribution in [-0.4, -0.2) is 41.5 Å². The van der Waals surface area contributed by atoms with Gasteiger partial charge in [0, 0.05) is 38.1 Å². The molecule has 2 heterocycles. The highest BCUT2D eigenvalue weighted by Crippen LogP contribution is 2.12. The van der Waals surface area contributed by atoms with E-state index in [0.29, 0.717) is 6.04 Å². The van der Waals surface area contributed by atoms with Crippen LogP contribution in [0.25, 0.3) is 0 Å². The van der Waals surface area contributed by atoms with E-state index in [1.54, 1.807) is 6.20 Å². The molecule has 0 unspecified atom stereocenters. The molecule has 0 aliphatic carbocycles. The lowest BCUT2D eigenvalue weighted by Crippen LogP contribution is -2.44. The fourth-order valence-electron chi connectivity index (χ4n) is 2.52. The predicted octanol–water partition coefficient (Wildman–Crippen LogP) is 2.09. The topological polar surface area (TPSA) is 48.1 Å². The summed E-state index contributed by atoms with van der Waals surface area (Å²) in [6.45, 7) is 8.90. The van der Waals surface area contributed by atoms with Gasteiger partial charge >= 0.3 is 0 Å². The second-order valence-corrected chi connectivity index (χ2v) is 5.22. The van der Waals surface area contributed by atoms with Crippen molar-refractivity contribution in [2.75, 3.05) is 19.6 Å². The zero-order chi connectivity index (χ0) is 13.7. The molecule has 1 aliphatic heterocycles. The van der Waals surface area contributed by atoms with E-state index in [1.165, 1.54) is 0 Å². The number of hydrogen-bond acceptors (Lipinski definition) is 2. The van der Waals surface area contributed by atoms with Crippen LogP contribution in [0.4, 0.5) is 0 Å². The third-order valence-corrected chi connectivity index (χ3v) is 3.77. The number of aromatic nitrogens is 1. The van der Waals surface area contributed by atoms with Crippen LogP contribution in [0.3, 0.4) is 0 Å². The predicted molar refractivity (Wildman–Crippen MR) is 77.3 cm³/mol. The van der Waals surface area contributed by atoms with Gasteiger partial charge in [-0.1, -0.05) is 6.08 Å². The fraction of sp³-hybridized carbons (Fsp3) is 0.533. The number of amides is 1. The van der Waals surface area contributed by atoms with Crippen LogP contribution < -0.4 is 5.32 Å². The van der Waals surface area contributed by atoms with Crippen LogP contribution >= 0.6 is 0 Å². The summed E-state index contributed by atoms with van der Waals surface area (Å²) in [6.07, 6.45) is 8.69. The van der Waals surface area contributed by atoms with E-state index in [9.17, 15) is 4.79 Å². The first-order valence-electron chi connectivity index (χ1n) is 6.98. The standard InChI is InChI=1S/C15H23N3O/c1-3-4-7-18-8-5-13(6-9-18)17-15(19)14-11-16-10-12(14)2/h3,10-11,13,16H,1,4-9H2,2H3,(H,17,19). The van der Waals surface area contributed by atoms with Gasteiger partial charge in [-0.2, -0.15) is 0 Å². The second kappa shape index (κ2) is 6.57. The molecule has 1 aromatic heterocycles. The van der Waals surface area contributed by atoms with Gasteiger partial charge in [-0.05, 0) is 31.7 Å². The Morgan fingerprint density at radius 3 is 2.84 bits per heavy atom. The lowest BCUT2D eigenvalue weighted by atomic mass is 10.0. The number of likely N-dealkylation sites (tertiary alicyclic amines) is 1. The normalized spacial score (nSPS) is 17.3. The summed E-state index contributed by atoms with van der Waals surface area (Å²) in [5.74, 6) is 0.0447. The first-order valence-corrected chi connectivity index (χ1v) is 6.98. The summed E-state index contributed by atoms with van der Waals surface area (Å²) in [5.41, 5.74) is 1.76. The van der Waals surface area contributed by atoms with Crippen LogP contribution in [0.15, 0.2) is 25.0 Å². The van der Waals surface area contributed by atoms with E-state index >= 15 is 0 Å². The molecule has 4 heteroatoms. The lowest BCUT2D eigenvalue weighted by Gasteiger charge is -2.32. The van der Waals surface area contributed by atoms with Gasteiger partial charge in [0.1, 0.15) is 0 Å². The van der Waals surface area contributed by atoms with Gasteiger partial charge in [0.25, 0.3) is 5.91 Å². The van der Waals surface area contributed by atoms with E-state index in [4.69, 9.17) is 0 Å². The highest BCUT2D eigenvalue weighted by Gasteiger charge is 2.21. The average Bonchev–Trinajstić information content (AvgIpc) is 2.84. The number of aryl methyl sites for hydroxylation is 1. The maximum Gasteiger partial charge on any atom is 0.253 e. The van der Waals surface area contributed by atoms with Gasteiger partial charge in [-0.3, -0.25) is 4.79 Å². The summed E-state index contributed by atoms with van der Waals surface area (Å²) in [6, 6.07) is 0.307. The number of carbonyl (C=O) groups excluding carboxylic acids is 1. The van der Waals surface area contributed by atoms with Crippen molar-refractivity contribution in [3.8, 4) is 0 Å². The maximum absolute atomic E-state index is 12.1. The molecule has 1 aromatic rings. The summed E-state index contributed by atoms with van der Waals surface area (Å²) in [5, 5.41) is 3.13. The third-order valence-electron chi connectivity index (χ3n) is 3.77. The fourth-order valence-corrected chi connectivity index (χ4v) is 2.52. The van der Waals surface area contributed by atoms with Crippen molar-refractivity contribution in [1.29, 1.82) is 0 Å². The minimum absolute atomic E-state index is 0.0447. The van der Waals surface area contributed by atoms with E-state index in [-0.39, 0.29) is 5.91 Å². The summed E-state index contributed by atoms with van der Waals surface area (Å²) < 4.78 is 0. The second-order valence-electron chi connectivity index (χ2n) is 5.22. The van der Waals surface area contributed by atoms with Crippen molar-refractivity contribution >= 4 is 5.91 Å². The minimum Gasteiger partial charge on any atom is -0.367 e. The Morgan fingerprint density at radius 2 is 2.26 bits per heavy atom. The Morgan fingerprint density at radius 1 is 1.53 bits per heavy atom. The van der Waals surface area contributed by atoms with Crippen molar-refractivity contribution < 1.29 is 4.79 Å². The smallest absolute Gasteiger partial charge is 0.253 e. The summed E-state index contributed by atoms with van der Waals surface area (Å²) in [7, 11) is 0. The van der Waals surface area contributed by atoms with E-state index < -0.39 is 0 Å². The Kier molecular flexibility index (Phi) is 4.80. The van der Waals surface area contributed by atoms with Crippen LogP contribution in [0.2, 0.25) is 0 Å². The third kappa shape index (κ3) is 3.70. The van der Waals surface area contributed by atoms with Crippen LogP contribution in [0.1, 0.15) is 35.2 Å². The van der Waals surface area contributed by atoms with Gasteiger partial charge in [0.05, 0.1) is 5.56 Å². The Balaban J connectivity index is 1.78. The molecule has 0 aromatic carbocycles. The number of nitrogens with one attached hydrogen (secondary N) is 2. The molecule has 2 N–H and O–H groups in total. The highest BCUT2D eigenvalue weighted by atomic mass is 16.1. The van der Waals surface area contributed by atoms with Crippen molar-refractivity contribution in [2.45, 2.75) is 32.2 Å². The Labute approximate surface area is 114 Å². The summed E-state index contributed by atoms with van der Waals surface area (Å²) >= 11 is 0. The molecule has 0 radical (unpaired) electrons. The van der Waals surface area contributed by atoms with Crippen molar-refractivity contribution in [3.63, 3.8) is 0 Å². The number of hydrogen-bond donors (Lipinski definition) is 2. The van der Waals surface area contributed by atoms with Crippen molar-refractivity contribution in [1.82, 2.24) is 15.2 Å². The average molecular weight is 261 g/mol. The first kappa shape index (κ1) is 13.9. The van der Waals surface area contributed by atoms with Gasteiger partial charge in [0.15, 0.2) is 0 Å². The van der Waals surface area contributed by atoms with E-state index in [0.717, 1.165) is 50.0 Å². The lowest BCUT2D eigenvalue weighted by molar-refractivity contribution is 0.0911. The van der Waals surface area contributed by atoms with Gasteiger partial charge < -0.3 is 15.2 Å². The number of aromatic amines is 1. The number of nitrogens with zero attached hydrogens (tertiary/aromatic N) is 1. The molecule has 104 valence electrons. The number of carbonyl (C=O) groups is 1. The molecule has 1 amide bonds. The van der Waals surface area contributed by atoms with E-state index in [1.807, 2.05) is 19.2 Å².